The van der Waals surface area contributed by atoms with Crippen LogP contribution in [0, 0.1) is 0 Å². The van der Waals surface area contributed by atoms with Gasteiger partial charge in [-0.05, 0) is 48.2 Å². The van der Waals surface area contributed by atoms with E-state index in [0.29, 0.717) is 11.1 Å². The molecule has 3 amide bonds. The van der Waals surface area contributed by atoms with Gasteiger partial charge in [-0.1, -0.05) is 24.3 Å². The van der Waals surface area contributed by atoms with Crippen LogP contribution in [0.3, 0.4) is 0 Å². The van der Waals surface area contributed by atoms with E-state index < -0.39 is 79.1 Å². The molecule has 0 heterocycles. The van der Waals surface area contributed by atoms with Gasteiger partial charge in [0.2, 0.25) is 17.7 Å². The summed E-state index contributed by atoms with van der Waals surface area (Å²) in [5.74, 6) is -7.37. The zero-order valence-electron chi connectivity index (χ0n) is 22.2. The second-order valence-electron chi connectivity index (χ2n) is 9.40. The maximum Gasteiger partial charge on any atom is 0.326 e. The summed E-state index contributed by atoms with van der Waals surface area (Å²) in [5, 5.41) is 53.1. The van der Waals surface area contributed by atoms with Gasteiger partial charge in [0.05, 0.1) is 12.5 Å². The third-order valence-electron chi connectivity index (χ3n) is 6.01. The molecule has 4 unspecified atom stereocenters. The first-order valence-electron chi connectivity index (χ1n) is 12.6. The molecule has 0 fully saturated rings. The molecule has 2 aromatic carbocycles. The molecule has 15 heteroatoms. The Hall–Kier alpha value is -5.18. The van der Waals surface area contributed by atoms with Crippen LogP contribution >= 0.6 is 0 Å². The molecule has 10 N–H and O–H groups in total. The number of nitrogens with one attached hydrogen (secondary N) is 3. The Balaban J connectivity index is 2.26. The predicted octanol–water partition coefficient (Wildman–Crippen LogP) is -0.911. The Morgan fingerprint density at radius 2 is 1.07 bits per heavy atom. The minimum Gasteiger partial charge on any atom is -0.508 e. The number of amides is 3. The van der Waals surface area contributed by atoms with Gasteiger partial charge in [-0.2, -0.15) is 0 Å². The molecule has 0 aliphatic heterocycles. The van der Waals surface area contributed by atoms with Crippen LogP contribution in [0.4, 0.5) is 0 Å². The third-order valence-corrected chi connectivity index (χ3v) is 6.01. The van der Waals surface area contributed by atoms with Crippen molar-refractivity contribution in [2.75, 3.05) is 0 Å². The number of nitrogens with two attached hydrogens (primary N) is 1. The molecule has 4 atom stereocenters. The first-order valence-corrected chi connectivity index (χ1v) is 12.6. The van der Waals surface area contributed by atoms with Crippen LogP contribution in [0.15, 0.2) is 48.5 Å². The highest BCUT2D eigenvalue weighted by molar-refractivity contribution is 5.95. The van der Waals surface area contributed by atoms with Crippen LogP contribution in [-0.2, 0) is 41.6 Å². The normalized spacial score (nSPS) is 13.5. The Morgan fingerprint density at radius 3 is 1.55 bits per heavy atom. The van der Waals surface area contributed by atoms with Crippen LogP contribution in [0.25, 0.3) is 0 Å². The molecule has 0 spiro atoms. The Kier molecular flexibility index (Phi) is 12.2. The van der Waals surface area contributed by atoms with Crippen molar-refractivity contribution in [1.82, 2.24) is 16.0 Å². The molecule has 42 heavy (non-hydrogen) atoms. The first-order chi connectivity index (χ1) is 19.7. The molecule has 0 aromatic heterocycles. The smallest absolute Gasteiger partial charge is 0.326 e. The van der Waals surface area contributed by atoms with Crippen molar-refractivity contribution < 1.29 is 54.3 Å². The molecule has 226 valence electrons. The summed E-state index contributed by atoms with van der Waals surface area (Å²) >= 11 is 0. The van der Waals surface area contributed by atoms with Crippen molar-refractivity contribution in [3.05, 3.63) is 59.7 Å². The van der Waals surface area contributed by atoms with Gasteiger partial charge in [0, 0.05) is 12.8 Å². The van der Waals surface area contributed by atoms with Gasteiger partial charge in [0.25, 0.3) is 0 Å². The van der Waals surface area contributed by atoms with Crippen molar-refractivity contribution >= 4 is 35.6 Å². The van der Waals surface area contributed by atoms with E-state index in [0.717, 1.165) is 0 Å². The highest BCUT2D eigenvalue weighted by Crippen LogP contribution is 2.13. The summed E-state index contributed by atoms with van der Waals surface area (Å²) in [6.45, 7) is 0. The maximum atomic E-state index is 13.3. The standard InChI is InChI=1S/C27H32N4O11/c28-18(11-14-1-5-16(32)6-2-14)24(38)30-20(12-15-3-7-17(33)8-4-15)26(40)29-19(9-10-22(34)35)25(39)31-21(27(41)42)13-23(36)37/h1-8,18-21,32-33H,9-13,28H2,(H,29,40)(H,30,38)(H,31,39)(H,34,35)(H,36,37)(H,41,42). The summed E-state index contributed by atoms with van der Waals surface area (Å²) in [7, 11) is 0. The lowest BCUT2D eigenvalue weighted by molar-refractivity contribution is -0.147. The summed E-state index contributed by atoms with van der Waals surface area (Å²) in [6, 6.07) is 5.65. The molecule has 0 saturated carbocycles. The van der Waals surface area contributed by atoms with E-state index in [1.165, 1.54) is 36.4 Å². The number of rotatable bonds is 16. The number of phenols is 2. The second-order valence-corrected chi connectivity index (χ2v) is 9.40. The quantitative estimate of drug-likeness (QED) is 0.115. The summed E-state index contributed by atoms with van der Waals surface area (Å²) in [5.41, 5.74) is 7.14. The minimum atomic E-state index is -1.86. The number of benzene rings is 2. The molecule has 15 nitrogen and oxygen atoms in total. The predicted molar refractivity (Wildman–Crippen MR) is 144 cm³/mol. The average Bonchev–Trinajstić information content (AvgIpc) is 2.91. The average molecular weight is 589 g/mol. The van der Waals surface area contributed by atoms with Crippen LogP contribution < -0.4 is 21.7 Å². The summed E-state index contributed by atoms with van der Waals surface area (Å²) in [4.78, 5) is 72.7. The van der Waals surface area contributed by atoms with Gasteiger partial charge in [0.15, 0.2) is 0 Å². The monoisotopic (exact) mass is 588 g/mol. The fourth-order valence-corrected chi connectivity index (χ4v) is 3.79. The molecule has 0 aliphatic rings. The van der Waals surface area contributed by atoms with Crippen LogP contribution in [-0.4, -0.2) is 85.3 Å². The molecule has 2 aromatic rings. The topological polar surface area (TPSA) is 266 Å². The van der Waals surface area contributed by atoms with E-state index in [1.807, 2.05) is 5.32 Å². The lowest BCUT2D eigenvalue weighted by atomic mass is 10.0. The number of hydrogen-bond acceptors (Lipinski definition) is 9. The number of phenolic OH excluding ortho intramolecular Hbond substituents is 2. The van der Waals surface area contributed by atoms with Gasteiger partial charge in [0.1, 0.15) is 29.6 Å². The van der Waals surface area contributed by atoms with E-state index in [1.54, 1.807) is 12.1 Å². The van der Waals surface area contributed by atoms with E-state index in [-0.39, 0.29) is 24.3 Å². The van der Waals surface area contributed by atoms with Gasteiger partial charge < -0.3 is 47.2 Å². The van der Waals surface area contributed by atoms with E-state index in [2.05, 4.69) is 10.6 Å². The minimum absolute atomic E-state index is 0.0153. The van der Waals surface area contributed by atoms with Crippen molar-refractivity contribution in [3.63, 3.8) is 0 Å². The lowest BCUT2D eigenvalue weighted by Crippen LogP contribution is -2.58. The van der Waals surface area contributed by atoms with Crippen molar-refractivity contribution in [2.24, 2.45) is 5.73 Å². The largest absolute Gasteiger partial charge is 0.508 e. The molecule has 0 saturated heterocycles. The molecular formula is C27H32N4O11. The number of carboxylic acids is 3. The third kappa shape index (κ3) is 11.1. The molecule has 0 radical (unpaired) electrons. The van der Waals surface area contributed by atoms with Gasteiger partial charge >= 0.3 is 17.9 Å². The number of carboxylic acid groups (broad SMARTS) is 3. The van der Waals surface area contributed by atoms with Crippen LogP contribution in [0.2, 0.25) is 0 Å². The Labute approximate surface area is 239 Å². The van der Waals surface area contributed by atoms with Gasteiger partial charge in [-0.25, -0.2) is 4.79 Å². The van der Waals surface area contributed by atoms with E-state index in [9.17, 15) is 44.1 Å². The Morgan fingerprint density at radius 1 is 0.619 bits per heavy atom. The van der Waals surface area contributed by atoms with Crippen LogP contribution in [0.5, 0.6) is 11.5 Å². The fraction of sp³-hybridized carbons (Fsp3) is 0.333. The van der Waals surface area contributed by atoms with Crippen molar-refractivity contribution in [1.29, 1.82) is 0 Å². The highest BCUT2D eigenvalue weighted by atomic mass is 16.4. The molecule has 2 rings (SSSR count). The Bertz CT molecular complexity index is 1280. The van der Waals surface area contributed by atoms with Crippen molar-refractivity contribution in [3.8, 4) is 11.5 Å². The van der Waals surface area contributed by atoms with Crippen LogP contribution in [0.1, 0.15) is 30.4 Å². The van der Waals surface area contributed by atoms with Gasteiger partial charge in [-0.15, -0.1) is 0 Å². The number of aromatic hydroxyl groups is 2. The number of hydrogen-bond donors (Lipinski definition) is 9. The first kappa shape index (κ1) is 33.0. The van der Waals surface area contributed by atoms with E-state index >= 15 is 0 Å². The SMILES string of the molecule is NC(Cc1ccc(O)cc1)C(=O)NC(Cc1ccc(O)cc1)C(=O)NC(CCC(=O)O)C(=O)NC(CC(=O)O)C(=O)O. The zero-order chi connectivity index (χ0) is 31.4. The number of aliphatic carboxylic acids is 3. The zero-order valence-corrected chi connectivity index (χ0v) is 22.2. The summed E-state index contributed by atoms with van der Waals surface area (Å²) in [6.07, 6.45) is -2.16. The van der Waals surface area contributed by atoms with Crippen molar-refractivity contribution in [2.45, 2.75) is 56.3 Å². The number of carbonyl (C=O) groups excluding carboxylic acids is 3. The molecule has 0 aliphatic carbocycles. The maximum absolute atomic E-state index is 13.3. The van der Waals surface area contributed by atoms with Gasteiger partial charge in [-0.3, -0.25) is 24.0 Å². The molecular weight excluding hydrogens is 556 g/mol. The van der Waals surface area contributed by atoms with E-state index in [4.69, 9.17) is 15.9 Å². The lowest BCUT2D eigenvalue weighted by Gasteiger charge is -2.25. The molecule has 0 bridgehead atoms. The summed E-state index contributed by atoms with van der Waals surface area (Å²) < 4.78 is 0. The second kappa shape index (κ2) is 15.6. The highest BCUT2D eigenvalue weighted by Gasteiger charge is 2.31. The fourth-order valence-electron chi connectivity index (χ4n) is 3.79. The number of carbonyl (C=O) groups is 6.